The van der Waals surface area contributed by atoms with Crippen LogP contribution in [0, 0.1) is 5.82 Å². The van der Waals surface area contributed by atoms with Crippen LogP contribution in [0.15, 0.2) is 56.7 Å². The first-order valence-corrected chi connectivity index (χ1v) is 9.29. The molecule has 0 radical (unpaired) electrons. The van der Waals surface area contributed by atoms with E-state index in [1.165, 1.54) is 34.4 Å². The Morgan fingerprint density at radius 2 is 1.93 bits per heavy atom. The lowest BCUT2D eigenvalue weighted by Crippen LogP contribution is -2.24. The number of oxazole rings is 1. The molecule has 0 spiro atoms. The molecule has 2 heterocycles. The highest BCUT2D eigenvalue weighted by Gasteiger charge is 2.15. The number of amides is 1. The molecule has 8 nitrogen and oxygen atoms in total. The number of rotatable bonds is 4. The minimum Gasteiger partial charge on any atom is -0.468 e. The van der Waals surface area contributed by atoms with Crippen molar-refractivity contribution in [3.05, 3.63) is 63.6 Å². The van der Waals surface area contributed by atoms with Crippen LogP contribution in [0.4, 0.5) is 4.39 Å². The number of halogens is 1. The quantitative estimate of drug-likeness (QED) is 0.476. The van der Waals surface area contributed by atoms with E-state index in [0.29, 0.717) is 21.3 Å². The highest BCUT2D eigenvalue weighted by Crippen LogP contribution is 2.19. The molecule has 0 N–H and O–H groups in total. The van der Waals surface area contributed by atoms with Crippen molar-refractivity contribution in [2.75, 3.05) is 7.11 Å². The largest absolute Gasteiger partial charge is 0.468 e. The van der Waals surface area contributed by atoms with Gasteiger partial charge < -0.3 is 13.7 Å². The topological polar surface area (TPSA) is 95.8 Å². The Hall–Kier alpha value is -3.53. The Balaban J connectivity index is 1.77. The predicted octanol–water partition coefficient (Wildman–Crippen LogP) is 2.05. The number of aromatic nitrogens is 2. The molecule has 0 saturated heterocycles. The van der Waals surface area contributed by atoms with Crippen molar-refractivity contribution in [2.45, 2.75) is 13.1 Å². The first kappa shape index (κ1) is 18.8. The van der Waals surface area contributed by atoms with Gasteiger partial charge in [-0.05, 0) is 30.3 Å². The number of para-hydroxylation sites is 2. The molecular formula is C19H14FN3O5S. The number of esters is 1. The molecule has 1 amide bonds. The zero-order chi connectivity index (χ0) is 20.5. The number of hydrogen-bond acceptors (Lipinski definition) is 6. The molecule has 0 unspecified atom stereocenters. The SMILES string of the molecule is COC(=O)Cn1c(=NC(=O)Cn2c(=O)oc3ccccc32)sc2cc(F)ccc21. The molecule has 148 valence electrons. The molecule has 0 atom stereocenters. The number of methoxy groups -OCH3 is 1. The van der Waals surface area contributed by atoms with Crippen LogP contribution in [0.1, 0.15) is 0 Å². The average Bonchev–Trinajstić information content (AvgIpc) is 3.18. The molecule has 4 rings (SSSR count). The number of hydrogen-bond donors (Lipinski definition) is 0. The van der Waals surface area contributed by atoms with Gasteiger partial charge in [0.1, 0.15) is 18.9 Å². The fraction of sp³-hybridized carbons (Fsp3) is 0.158. The summed E-state index contributed by atoms with van der Waals surface area (Å²) in [5.74, 6) is -2.28. The zero-order valence-electron chi connectivity index (χ0n) is 15.1. The van der Waals surface area contributed by atoms with Crippen LogP contribution < -0.4 is 10.6 Å². The molecule has 0 aliphatic rings. The normalized spacial score (nSPS) is 12.0. The van der Waals surface area contributed by atoms with Crippen LogP contribution in [0.25, 0.3) is 21.3 Å². The summed E-state index contributed by atoms with van der Waals surface area (Å²) < 4.78 is 26.5. The van der Waals surface area contributed by atoms with E-state index < -0.39 is 23.4 Å². The minimum atomic E-state index is -0.671. The average molecular weight is 415 g/mol. The van der Waals surface area contributed by atoms with Crippen LogP contribution in [0.5, 0.6) is 0 Å². The lowest BCUT2D eigenvalue weighted by molar-refractivity contribution is -0.141. The number of benzene rings is 2. The van der Waals surface area contributed by atoms with Gasteiger partial charge in [-0.25, -0.2) is 9.18 Å². The molecule has 10 heteroatoms. The smallest absolute Gasteiger partial charge is 0.420 e. The van der Waals surface area contributed by atoms with Gasteiger partial charge in [0.05, 0.1) is 22.8 Å². The van der Waals surface area contributed by atoms with Gasteiger partial charge in [-0.1, -0.05) is 23.5 Å². The third-order valence-electron chi connectivity index (χ3n) is 4.25. The van der Waals surface area contributed by atoms with E-state index >= 15 is 0 Å². The Labute approximate surface area is 166 Å². The van der Waals surface area contributed by atoms with Crippen molar-refractivity contribution in [1.29, 1.82) is 0 Å². The third kappa shape index (κ3) is 3.61. The maximum Gasteiger partial charge on any atom is 0.420 e. The van der Waals surface area contributed by atoms with Crippen molar-refractivity contribution in [3.8, 4) is 0 Å². The van der Waals surface area contributed by atoms with E-state index in [-0.39, 0.29) is 17.9 Å². The van der Waals surface area contributed by atoms with Gasteiger partial charge in [0, 0.05) is 0 Å². The Kier molecular flexibility index (Phi) is 4.85. The predicted molar refractivity (Wildman–Crippen MR) is 103 cm³/mol. The maximum atomic E-state index is 13.6. The summed E-state index contributed by atoms with van der Waals surface area (Å²) in [7, 11) is 1.25. The molecule has 0 bridgehead atoms. The van der Waals surface area contributed by atoms with Gasteiger partial charge in [-0.2, -0.15) is 4.99 Å². The fourth-order valence-electron chi connectivity index (χ4n) is 2.92. The Bertz CT molecular complexity index is 1380. The van der Waals surface area contributed by atoms with Crippen LogP contribution >= 0.6 is 11.3 Å². The number of nitrogens with zero attached hydrogens (tertiary/aromatic N) is 3. The molecule has 2 aromatic carbocycles. The second-order valence-electron chi connectivity index (χ2n) is 6.09. The Morgan fingerprint density at radius 1 is 1.14 bits per heavy atom. The monoisotopic (exact) mass is 415 g/mol. The number of thiazole rings is 1. The van der Waals surface area contributed by atoms with Crippen molar-refractivity contribution < 1.29 is 23.1 Å². The van der Waals surface area contributed by atoms with E-state index in [1.54, 1.807) is 24.3 Å². The van der Waals surface area contributed by atoms with Crippen LogP contribution in [-0.4, -0.2) is 28.1 Å². The zero-order valence-corrected chi connectivity index (χ0v) is 15.9. The molecule has 2 aromatic heterocycles. The summed E-state index contributed by atoms with van der Waals surface area (Å²) in [5.41, 5.74) is 1.38. The van der Waals surface area contributed by atoms with Crippen LogP contribution in [0.3, 0.4) is 0 Å². The second kappa shape index (κ2) is 7.47. The lowest BCUT2D eigenvalue weighted by atomic mass is 10.3. The first-order chi connectivity index (χ1) is 14.0. The molecule has 0 saturated carbocycles. The van der Waals surface area contributed by atoms with Crippen molar-refractivity contribution >= 4 is 44.5 Å². The van der Waals surface area contributed by atoms with Crippen molar-refractivity contribution in [2.24, 2.45) is 4.99 Å². The summed E-state index contributed by atoms with van der Waals surface area (Å²) in [5, 5.41) is 0. The van der Waals surface area contributed by atoms with Gasteiger partial charge in [0.25, 0.3) is 5.91 Å². The standard InChI is InChI=1S/C19H14FN3O5S/c1-27-17(25)10-22-13-7-6-11(20)8-15(13)29-18(22)21-16(24)9-23-12-4-2-3-5-14(12)28-19(23)26/h2-8H,9-10H2,1H3. The van der Waals surface area contributed by atoms with Gasteiger partial charge in [0.2, 0.25) is 0 Å². The molecule has 0 fully saturated rings. The fourth-order valence-corrected chi connectivity index (χ4v) is 3.99. The van der Waals surface area contributed by atoms with Gasteiger partial charge >= 0.3 is 11.7 Å². The molecule has 29 heavy (non-hydrogen) atoms. The highest BCUT2D eigenvalue weighted by atomic mass is 32.1. The van der Waals surface area contributed by atoms with Crippen molar-refractivity contribution in [1.82, 2.24) is 9.13 Å². The second-order valence-corrected chi connectivity index (χ2v) is 7.10. The molecular weight excluding hydrogens is 401 g/mol. The van der Waals surface area contributed by atoms with Gasteiger partial charge in [0.15, 0.2) is 10.4 Å². The highest BCUT2D eigenvalue weighted by molar-refractivity contribution is 7.16. The van der Waals surface area contributed by atoms with Crippen LogP contribution in [0.2, 0.25) is 0 Å². The van der Waals surface area contributed by atoms with Gasteiger partial charge in [-0.15, -0.1) is 0 Å². The summed E-state index contributed by atoms with van der Waals surface area (Å²) in [6.07, 6.45) is 0. The van der Waals surface area contributed by atoms with E-state index in [4.69, 9.17) is 9.15 Å². The Morgan fingerprint density at radius 3 is 2.72 bits per heavy atom. The molecule has 0 aliphatic carbocycles. The summed E-state index contributed by atoms with van der Waals surface area (Å²) in [4.78, 5) is 40.6. The number of ether oxygens (including phenoxy) is 1. The number of fused-ring (bicyclic) bond motifs is 2. The van der Waals surface area contributed by atoms with E-state index in [9.17, 15) is 18.8 Å². The number of carbonyl (C=O) groups excluding carboxylic acids is 2. The maximum absolute atomic E-state index is 13.6. The molecule has 4 aromatic rings. The summed E-state index contributed by atoms with van der Waals surface area (Å²) in [6.45, 7) is -0.528. The van der Waals surface area contributed by atoms with E-state index in [1.807, 2.05) is 0 Å². The van der Waals surface area contributed by atoms with Gasteiger partial charge in [-0.3, -0.25) is 14.2 Å². The molecule has 0 aliphatic heterocycles. The van der Waals surface area contributed by atoms with Crippen LogP contribution in [-0.2, 0) is 27.4 Å². The summed E-state index contributed by atoms with van der Waals surface area (Å²) >= 11 is 1.06. The van der Waals surface area contributed by atoms with Crippen molar-refractivity contribution in [3.63, 3.8) is 0 Å². The van der Waals surface area contributed by atoms with E-state index in [0.717, 1.165) is 11.3 Å². The minimum absolute atomic E-state index is 0.192. The van der Waals surface area contributed by atoms with E-state index in [2.05, 4.69) is 4.99 Å². The number of carbonyl (C=O) groups is 2. The lowest BCUT2D eigenvalue weighted by Gasteiger charge is -2.03. The third-order valence-corrected chi connectivity index (χ3v) is 5.29. The first-order valence-electron chi connectivity index (χ1n) is 8.48. The summed E-state index contributed by atoms with van der Waals surface area (Å²) in [6, 6.07) is 10.8.